The Hall–Kier alpha value is -2.58. The summed E-state index contributed by atoms with van der Waals surface area (Å²) in [6.07, 6.45) is 2.56. The van der Waals surface area contributed by atoms with Crippen molar-refractivity contribution in [3.63, 3.8) is 0 Å². The fourth-order valence-electron chi connectivity index (χ4n) is 3.26. The van der Waals surface area contributed by atoms with Crippen molar-refractivity contribution in [1.82, 2.24) is 19.3 Å². The van der Waals surface area contributed by atoms with Crippen molar-refractivity contribution in [2.24, 2.45) is 0 Å². The normalized spacial score (nSPS) is 11.0. The maximum Gasteiger partial charge on any atom is 0.196 e. The lowest BCUT2D eigenvalue weighted by Crippen LogP contribution is -2.08. The number of carbonyl (C=O) groups is 1. The van der Waals surface area contributed by atoms with E-state index in [0.29, 0.717) is 17.5 Å². The molecule has 0 saturated carbocycles. The van der Waals surface area contributed by atoms with Gasteiger partial charge in [-0.2, -0.15) is 0 Å². The summed E-state index contributed by atoms with van der Waals surface area (Å²) >= 11 is 1.38. The van der Waals surface area contributed by atoms with Crippen LogP contribution in [0.2, 0.25) is 0 Å². The molecule has 7 nitrogen and oxygen atoms in total. The van der Waals surface area contributed by atoms with E-state index in [1.165, 1.54) is 11.8 Å². The fraction of sp³-hybridized carbons (Fsp3) is 0.381. The summed E-state index contributed by atoms with van der Waals surface area (Å²) in [7, 11) is 3.33. The highest BCUT2D eigenvalue weighted by atomic mass is 32.2. The number of methoxy groups -OCH3 is 2. The van der Waals surface area contributed by atoms with Gasteiger partial charge in [0.25, 0.3) is 0 Å². The van der Waals surface area contributed by atoms with Crippen molar-refractivity contribution in [3.8, 4) is 11.4 Å². The van der Waals surface area contributed by atoms with Gasteiger partial charge in [-0.1, -0.05) is 17.8 Å². The molecule has 3 aromatic rings. The molecule has 0 saturated heterocycles. The van der Waals surface area contributed by atoms with Crippen LogP contribution in [0.3, 0.4) is 0 Å². The minimum absolute atomic E-state index is 0.0845. The average molecular weight is 415 g/mol. The van der Waals surface area contributed by atoms with Gasteiger partial charge in [0.2, 0.25) is 0 Å². The zero-order valence-electron chi connectivity index (χ0n) is 17.2. The molecular formula is C21H26N4O3S. The Morgan fingerprint density at radius 3 is 2.79 bits per heavy atom. The van der Waals surface area contributed by atoms with E-state index in [-0.39, 0.29) is 5.78 Å². The van der Waals surface area contributed by atoms with E-state index in [4.69, 9.17) is 9.47 Å². The zero-order valence-corrected chi connectivity index (χ0v) is 18.0. The van der Waals surface area contributed by atoms with Crippen molar-refractivity contribution in [2.45, 2.75) is 32.0 Å². The Morgan fingerprint density at radius 2 is 2.03 bits per heavy atom. The van der Waals surface area contributed by atoms with Crippen LogP contribution in [0, 0.1) is 13.8 Å². The minimum atomic E-state index is 0.0845. The van der Waals surface area contributed by atoms with E-state index in [9.17, 15) is 4.79 Å². The van der Waals surface area contributed by atoms with E-state index >= 15 is 0 Å². The van der Waals surface area contributed by atoms with E-state index in [2.05, 4.69) is 14.8 Å². The number of hydrogen-bond donors (Lipinski definition) is 0. The maximum absolute atomic E-state index is 12.9. The second kappa shape index (κ2) is 9.76. The minimum Gasteiger partial charge on any atom is -0.497 e. The number of aromatic nitrogens is 4. The Kier molecular flexibility index (Phi) is 7.11. The molecule has 0 aliphatic carbocycles. The van der Waals surface area contributed by atoms with E-state index < -0.39 is 0 Å². The average Bonchev–Trinajstić information content (AvgIpc) is 3.31. The number of hydrogen-bond acceptors (Lipinski definition) is 6. The van der Waals surface area contributed by atoms with Gasteiger partial charge >= 0.3 is 0 Å². The summed E-state index contributed by atoms with van der Waals surface area (Å²) in [5, 5.41) is 8.85. The molecule has 2 aromatic heterocycles. The molecule has 29 heavy (non-hydrogen) atoms. The number of nitrogens with zero attached hydrogens (tertiary/aromatic N) is 4. The van der Waals surface area contributed by atoms with Crippen LogP contribution in [-0.4, -0.2) is 51.7 Å². The number of ketones is 1. The highest BCUT2D eigenvalue weighted by molar-refractivity contribution is 7.99. The first-order valence-electron chi connectivity index (χ1n) is 9.41. The van der Waals surface area contributed by atoms with Crippen LogP contribution in [0.4, 0.5) is 0 Å². The van der Waals surface area contributed by atoms with Crippen LogP contribution in [0.1, 0.15) is 28.2 Å². The number of rotatable bonds is 10. The summed E-state index contributed by atoms with van der Waals surface area (Å²) in [6.45, 7) is 5.58. The Balaban J connectivity index is 1.71. The first-order valence-corrected chi connectivity index (χ1v) is 10.4. The molecule has 0 aliphatic rings. The summed E-state index contributed by atoms with van der Waals surface area (Å²) < 4.78 is 14.5. The maximum atomic E-state index is 12.9. The van der Waals surface area contributed by atoms with Gasteiger partial charge in [-0.05, 0) is 38.5 Å². The molecule has 0 aliphatic heterocycles. The van der Waals surface area contributed by atoms with Gasteiger partial charge < -0.3 is 14.0 Å². The van der Waals surface area contributed by atoms with Crippen molar-refractivity contribution in [2.75, 3.05) is 26.6 Å². The number of carbonyl (C=O) groups excluding carboxylic acids is 1. The van der Waals surface area contributed by atoms with Crippen LogP contribution in [0.15, 0.2) is 41.8 Å². The lowest BCUT2D eigenvalue weighted by molar-refractivity contribution is 0.102. The third kappa shape index (κ3) is 4.89. The molecule has 0 amide bonds. The van der Waals surface area contributed by atoms with Gasteiger partial charge in [0, 0.05) is 43.3 Å². The predicted octanol–water partition coefficient (Wildman–Crippen LogP) is 3.71. The van der Waals surface area contributed by atoms with Crippen molar-refractivity contribution in [1.29, 1.82) is 0 Å². The third-order valence-corrected chi connectivity index (χ3v) is 5.73. The lowest BCUT2D eigenvalue weighted by Gasteiger charge is -2.09. The number of thioether (sulfide) groups is 1. The smallest absolute Gasteiger partial charge is 0.196 e. The predicted molar refractivity (Wildman–Crippen MR) is 113 cm³/mol. The van der Waals surface area contributed by atoms with Crippen LogP contribution < -0.4 is 4.74 Å². The summed E-state index contributed by atoms with van der Waals surface area (Å²) in [6, 6.07) is 9.62. The van der Waals surface area contributed by atoms with Gasteiger partial charge in [0.05, 0.1) is 18.6 Å². The first kappa shape index (κ1) is 21.1. The second-order valence-electron chi connectivity index (χ2n) is 6.68. The van der Waals surface area contributed by atoms with E-state index in [1.54, 1.807) is 20.5 Å². The van der Waals surface area contributed by atoms with Crippen LogP contribution in [0.25, 0.3) is 5.69 Å². The highest BCUT2D eigenvalue weighted by Gasteiger charge is 2.17. The molecule has 0 radical (unpaired) electrons. The quantitative estimate of drug-likeness (QED) is 0.286. The largest absolute Gasteiger partial charge is 0.497 e. The van der Waals surface area contributed by atoms with Crippen LogP contribution in [-0.2, 0) is 11.3 Å². The van der Waals surface area contributed by atoms with Gasteiger partial charge in [0.15, 0.2) is 10.9 Å². The molecule has 0 unspecified atom stereocenters. The molecule has 0 bridgehead atoms. The fourth-order valence-corrected chi connectivity index (χ4v) is 4.07. The zero-order chi connectivity index (χ0) is 20.8. The molecule has 0 N–H and O–H groups in total. The van der Waals surface area contributed by atoms with E-state index in [1.807, 2.05) is 48.7 Å². The lowest BCUT2D eigenvalue weighted by atomic mass is 10.2. The molecule has 2 heterocycles. The first-order chi connectivity index (χ1) is 14.0. The molecular weight excluding hydrogens is 388 g/mol. The number of aryl methyl sites for hydroxylation is 1. The van der Waals surface area contributed by atoms with Gasteiger partial charge in [-0.25, -0.2) is 0 Å². The Morgan fingerprint density at radius 1 is 1.21 bits per heavy atom. The number of ether oxygens (including phenoxy) is 2. The number of Topliss-reactive ketones (excluding diaryl/α,β-unsaturated/α-hetero) is 1. The second-order valence-corrected chi connectivity index (χ2v) is 7.62. The standard InChI is InChI=1S/C21H26N4O3S/c1-15-11-19(16(2)24(15)9-6-10-27-3)20(26)13-29-21-23-22-14-25(21)17-7-5-8-18(12-17)28-4/h5,7-8,11-12,14H,6,9-10,13H2,1-4H3. The Labute approximate surface area is 175 Å². The van der Waals surface area contributed by atoms with Crippen LogP contribution >= 0.6 is 11.8 Å². The van der Waals surface area contributed by atoms with Gasteiger partial charge in [-0.15, -0.1) is 10.2 Å². The summed E-state index contributed by atoms with van der Waals surface area (Å²) in [4.78, 5) is 12.9. The molecule has 3 rings (SSSR count). The van der Waals surface area contributed by atoms with Crippen molar-refractivity contribution >= 4 is 17.5 Å². The van der Waals surface area contributed by atoms with Gasteiger partial charge in [-0.3, -0.25) is 9.36 Å². The molecule has 0 spiro atoms. The van der Waals surface area contributed by atoms with E-state index in [0.717, 1.165) is 41.4 Å². The number of benzene rings is 1. The van der Waals surface area contributed by atoms with Crippen molar-refractivity contribution in [3.05, 3.63) is 53.6 Å². The molecule has 154 valence electrons. The Bertz CT molecular complexity index is 980. The molecule has 0 atom stereocenters. The monoisotopic (exact) mass is 414 g/mol. The molecule has 8 heteroatoms. The highest BCUT2D eigenvalue weighted by Crippen LogP contribution is 2.24. The van der Waals surface area contributed by atoms with Gasteiger partial charge in [0.1, 0.15) is 12.1 Å². The SMILES string of the molecule is COCCCn1c(C)cc(C(=O)CSc2nncn2-c2cccc(OC)c2)c1C. The summed E-state index contributed by atoms with van der Waals surface area (Å²) in [5.74, 6) is 1.14. The summed E-state index contributed by atoms with van der Waals surface area (Å²) in [5.41, 5.74) is 3.74. The molecule has 0 fully saturated rings. The molecule has 1 aromatic carbocycles. The third-order valence-electron chi connectivity index (χ3n) is 4.78. The topological polar surface area (TPSA) is 71.2 Å². The van der Waals surface area contributed by atoms with Crippen LogP contribution in [0.5, 0.6) is 5.75 Å². The van der Waals surface area contributed by atoms with Crippen molar-refractivity contribution < 1.29 is 14.3 Å².